The third-order valence-corrected chi connectivity index (χ3v) is 4.33. The average molecular weight is 333 g/mol. The van der Waals surface area contributed by atoms with E-state index in [0.29, 0.717) is 19.6 Å². The maximum atomic E-state index is 12.4. The lowest BCUT2D eigenvalue weighted by Crippen LogP contribution is -2.49. The smallest absolute Gasteiger partial charge is 0.410 e. The van der Waals surface area contributed by atoms with Crippen molar-refractivity contribution in [2.24, 2.45) is 5.73 Å². The third-order valence-electron chi connectivity index (χ3n) is 4.33. The van der Waals surface area contributed by atoms with Crippen LogP contribution in [0.3, 0.4) is 0 Å². The van der Waals surface area contributed by atoms with Gasteiger partial charge in [-0.05, 0) is 32.3 Å². The molecule has 1 fully saturated rings. The van der Waals surface area contributed by atoms with Gasteiger partial charge in [-0.25, -0.2) is 4.79 Å². The van der Waals surface area contributed by atoms with Crippen molar-refractivity contribution in [1.82, 2.24) is 9.80 Å². The predicted molar refractivity (Wildman–Crippen MR) is 92.3 cm³/mol. The van der Waals surface area contributed by atoms with E-state index in [2.05, 4.69) is 0 Å². The van der Waals surface area contributed by atoms with Crippen LogP contribution in [-0.4, -0.2) is 53.5 Å². The second-order valence-corrected chi connectivity index (χ2v) is 6.20. The molecule has 0 spiro atoms. The van der Waals surface area contributed by atoms with Crippen LogP contribution in [-0.2, 0) is 16.1 Å². The zero-order chi connectivity index (χ0) is 17.5. The fourth-order valence-corrected chi connectivity index (χ4v) is 2.99. The summed E-state index contributed by atoms with van der Waals surface area (Å²) in [4.78, 5) is 27.9. The van der Waals surface area contributed by atoms with Gasteiger partial charge in [0.1, 0.15) is 6.61 Å². The number of ether oxygens (including phenoxy) is 1. The maximum absolute atomic E-state index is 12.4. The average Bonchev–Trinajstić information content (AvgIpc) is 3.06. The first-order valence-electron chi connectivity index (χ1n) is 8.54. The Morgan fingerprint density at radius 3 is 2.71 bits per heavy atom. The van der Waals surface area contributed by atoms with Crippen LogP contribution in [0.4, 0.5) is 4.79 Å². The summed E-state index contributed by atoms with van der Waals surface area (Å²) >= 11 is 0. The normalized spacial score (nSPS) is 18.3. The lowest BCUT2D eigenvalue weighted by Gasteiger charge is -2.30. The van der Waals surface area contributed by atoms with E-state index >= 15 is 0 Å². The highest BCUT2D eigenvalue weighted by Gasteiger charge is 2.32. The van der Waals surface area contributed by atoms with Crippen LogP contribution in [0.2, 0.25) is 0 Å². The molecule has 1 aromatic rings. The van der Waals surface area contributed by atoms with Crippen LogP contribution in [0.5, 0.6) is 0 Å². The summed E-state index contributed by atoms with van der Waals surface area (Å²) in [5.41, 5.74) is 6.66. The summed E-state index contributed by atoms with van der Waals surface area (Å²) in [6.07, 6.45) is 1.49. The molecular formula is C18H27N3O3. The van der Waals surface area contributed by atoms with E-state index < -0.39 is 6.04 Å². The highest BCUT2D eigenvalue weighted by atomic mass is 16.6. The first kappa shape index (κ1) is 18.3. The Hall–Kier alpha value is -2.08. The van der Waals surface area contributed by atoms with Gasteiger partial charge in [-0.1, -0.05) is 30.3 Å². The fraction of sp³-hybridized carbons (Fsp3) is 0.556. The topological polar surface area (TPSA) is 75.9 Å². The third kappa shape index (κ3) is 4.71. The van der Waals surface area contributed by atoms with E-state index in [1.807, 2.05) is 37.3 Å². The van der Waals surface area contributed by atoms with E-state index in [1.54, 1.807) is 16.7 Å². The molecule has 0 aromatic heterocycles. The van der Waals surface area contributed by atoms with Gasteiger partial charge in [-0.2, -0.15) is 0 Å². The van der Waals surface area contributed by atoms with E-state index in [1.165, 1.54) is 0 Å². The van der Waals surface area contributed by atoms with Crippen LogP contribution in [0.1, 0.15) is 32.3 Å². The van der Waals surface area contributed by atoms with Crippen LogP contribution in [0.15, 0.2) is 30.3 Å². The monoisotopic (exact) mass is 333 g/mol. The number of hydrogen-bond donors (Lipinski definition) is 1. The number of carbonyl (C=O) groups is 2. The molecule has 6 heteroatoms. The van der Waals surface area contributed by atoms with Crippen molar-refractivity contribution < 1.29 is 14.3 Å². The second-order valence-electron chi connectivity index (χ2n) is 6.20. The Balaban J connectivity index is 1.91. The molecule has 2 amide bonds. The molecule has 1 heterocycles. The quantitative estimate of drug-likeness (QED) is 0.864. The number of rotatable bonds is 6. The van der Waals surface area contributed by atoms with E-state index in [-0.39, 0.29) is 24.6 Å². The van der Waals surface area contributed by atoms with Crippen molar-refractivity contribution in [2.45, 2.75) is 45.4 Å². The van der Waals surface area contributed by atoms with Crippen molar-refractivity contribution in [3.63, 3.8) is 0 Å². The molecule has 0 aliphatic carbocycles. The fourth-order valence-electron chi connectivity index (χ4n) is 2.99. The van der Waals surface area contributed by atoms with Crippen molar-refractivity contribution in [3.05, 3.63) is 35.9 Å². The summed E-state index contributed by atoms with van der Waals surface area (Å²) in [6, 6.07) is 9.09. The Kier molecular flexibility index (Phi) is 6.61. The van der Waals surface area contributed by atoms with E-state index in [4.69, 9.17) is 10.5 Å². The summed E-state index contributed by atoms with van der Waals surface area (Å²) in [5, 5.41) is 0. The summed E-state index contributed by atoms with van der Waals surface area (Å²) in [5.74, 6) is -0.0815. The number of nitrogens with two attached hydrogens (primary N) is 1. The highest BCUT2D eigenvalue weighted by Crippen LogP contribution is 2.20. The summed E-state index contributed by atoms with van der Waals surface area (Å²) in [7, 11) is 0. The van der Waals surface area contributed by atoms with Crippen molar-refractivity contribution in [1.29, 1.82) is 0 Å². The molecule has 1 aliphatic heterocycles. The molecule has 0 saturated carbocycles. The largest absolute Gasteiger partial charge is 0.445 e. The maximum Gasteiger partial charge on any atom is 0.410 e. The molecule has 0 bridgehead atoms. The molecule has 1 aliphatic rings. The van der Waals surface area contributed by atoms with E-state index in [9.17, 15) is 9.59 Å². The molecular weight excluding hydrogens is 306 g/mol. The lowest BCUT2D eigenvalue weighted by molar-refractivity contribution is -0.132. The highest BCUT2D eigenvalue weighted by molar-refractivity contribution is 5.81. The van der Waals surface area contributed by atoms with Crippen molar-refractivity contribution in [2.75, 3.05) is 19.6 Å². The van der Waals surface area contributed by atoms with Gasteiger partial charge in [0, 0.05) is 19.6 Å². The number of likely N-dealkylation sites (N-methyl/N-ethyl adjacent to an activating group) is 1. The SMILES string of the molecule is CCN(CC1CCCN1C(=O)OCc1ccccc1)C(=O)C(C)N. The van der Waals surface area contributed by atoms with Gasteiger partial charge in [0.25, 0.3) is 0 Å². The minimum atomic E-state index is -0.523. The number of amides is 2. The van der Waals surface area contributed by atoms with E-state index in [0.717, 1.165) is 18.4 Å². The van der Waals surface area contributed by atoms with Gasteiger partial charge in [0.2, 0.25) is 5.91 Å². The Labute approximate surface area is 143 Å². The van der Waals surface area contributed by atoms with Gasteiger partial charge in [0.15, 0.2) is 0 Å². The molecule has 2 unspecified atom stereocenters. The predicted octanol–water partition coefficient (Wildman–Crippen LogP) is 1.98. The first-order valence-corrected chi connectivity index (χ1v) is 8.54. The Morgan fingerprint density at radius 1 is 1.38 bits per heavy atom. The van der Waals surface area contributed by atoms with Gasteiger partial charge < -0.3 is 20.3 Å². The zero-order valence-electron chi connectivity index (χ0n) is 14.5. The molecule has 2 N–H and O–H groups in total. The first-order chi connectivity index (χ1) is 11.5. The number of carbonyl (C=O) groups excluding carboxylic acids is 2. The molecule has 2 atom stereocenters. The van der Waals surface area contributed by atoms with Crippen molar-refractivity contribution >= 4 is 12.0 Å². The van der Waals surface area contributed by atoms with Crippen LogP contribution in [0, 0.1) is 0 Å². The molecule has 0 radical (unpaired) electrons. The van der Waals surface area contributed by atoms with Crippen LogP contribution >= 0.6 is 0 Å². The summed E-state index contributed by atoms with van der Waals surface area (Å²) in [6.45, 7) is 5.64. The van der Waals surface area contributed by atoms with Gasteiger partial charge >= 0.3 is 6.09 Å². The van der Waals surface area contributed by atoms with Gasteiger partial charge in [0.05, 0.1) is 12.1 Å². The van der Waals surface area contributed by atoms with Crippen LogP contribution < -0.4 is 5.73 Å². The lowest BCUT2D eigenvalue weighted by atomic mass is 10.2. The molecule has 2 rings (SSSR count). The Morgan fingerprint density at radius 2 is 2.08 bits per heavy atom. The summed E-state index contributed by atoms with van der Waals surface area (Å²) < 4.78 is 5.42. The molecule has 24 heavy (non-hydrogen) atoms. The minimum absolute atomic E-state index is 0.00377. The number of benzene rings is 1. The minimum Gasteiger partial charge on any atom is -0.445 e. The van der Waals surface area contributed by atoms with Gasteiger partial charge in [-0.3, -0.25) is 4.79 Å². The molecule has 6 nitrogen and oxygen atoms in total. The molecule has 1 aromatic carbocycles. The second kappa shape index (κ2) is 8.68. The number of likely N-dealkylation sites (tertiary alicyclic amines) is 1. The molecule has 1 saturated heterocycles. The standard InChI is InChI=1S/C18H27N3O3/c1-3-20(17(22)14(2)19)12-16-10-7-11-21(16)18(23)24-13-15-8-5-4-6-9-15/h4-6,8-9,14,16H,3,7,10-13,19H2,1-2H3. The Bertz CT molecular complexity index is 548. The van der Waals surface area contributed by atoms with Crippen molar-refractivity contribution in [3.8, 4) is 0 Å². The molecule has 132 valence electrons. The number of nitrogens with zero attached hydrogens (tertiary/aromatic N) is 2. The van der Waals surface area contributed by atoms with Crippen LogP contribution in [0.25, 0.3) is 0 Å². The number of hydrogen-bond acceptors (Lipinski definition) is 4. The van der Waals surface area contributed by atoms with Gasteiger partial charge in [-0.15, -0.1) is 0 Å². The zero-order valence-corrected chi connectivity index (χ0v) is 14.5.